The van der Waals surface area contributed by atoms with Crippen LogP contribution in [0.25, 0.3) is 0 Å². The highest BCUT2D eigenvalue weighted by Crippen LogP contribution is 2.40. The van der Waals surface area contributed by atoms with Gasteiger partial charge < -0.3 is 10.6 Å². The van der Waals surface area contributed by atoms with E-state index in [0.29, 0.717) is 11.5 Å². The molecule has 2 aliphatic rings. The maximum absolute atomic E-state index is 6.40. The standard InChI is InChI=1S/C15H30N2/c1-4-5-12-7-9-17(10-12)11-13-6-8-15(2,3)14(13)16/h12-14H,4-11,16H2,1-3H3. The molecule has 0 amide bonds. The molecule has 0 aromatic rings. The third kappa shape index (κ3) is 3.03. The Morgan fingerprint density at radius 3 is 2.65 bits per heavy atom. The molecule has 1 saturated carbocycles. The first kappa shape index (κ1) is 13.4. The molecule has 0 spiro atoms. The lowest BCUT2D eigenvalue weighted by Gasteiger charge is -2.29. The smallest absolute Gasteiger partial charge is 0.0131 e. The molecule has 17 heavy (non-hydrogen) atoms. The van der Waals surface area contributed by atoms with E-state index in [1.54, 1.807) is 0 Å². The summed E-state index contributed by atoms with van der Waals surface area (Å²) >= 11 is 0. The zero-order valence-corrected chi connectivity index (χ0v) is 11.9. The Morgan fingerprint density at radius 1 is 1.29 bits per heavy atom. The van der Waals surface area contributed by atoms with Crippen LogP contribution >= 0.6 is 0 Å². The predicted molar refractivity (Wildman–Crippen MR) is 73.9 cm³/mol. The second-order valence-electron chi connectivity index (χ2n) is 7.02. The number of hydrogen-bond donors (Lipinski definition) is 1. The molecule has 1 aliphatic carbocycles. The zero-order valence-electron chi connectivity index (χ0n) is 11.9. The van der Waals surface area contributed by atoms with Crippen LogP contribution in [0.3, 0.4) is 0 Å². The summed E-state index contributed by atoms with van der Waals surface area (Å²) in [6.45, 7) is 10.9. The van der Waals surface area contributed by atoms with Gasteiger partial charge >= 0.3 is 0 Å². The van der Waals surface area contributed by atoms with Crippen molar-refractivity contribution in [2.75, 3.05) is 19.6 Å². The fraction of sp³-hybridized carbons (Fsp3) is 1.00. The molecule has 2 N–H and O–H groups in total. The Balaban J connectivity index is 1.79. The maximum atomic E-state index is 6.40. The third-order valence-corrected chi connectivity index (χ3v) is 5.13. The van der Waals surface area contributed by atoms with E-state index in [0.717, 1.165) is 11.8 Å². The summed E-state index contributed by atoms with van der Waals surface area (Å²) in [4.78, 5) is 2.67. The molecular weight excluding hydrogens is 208 g/mol. The number of likely N-dealkylation sites (tertiary alicyclic amines) is 1. The van der Waals surface area contributed by atoms with Crippen molar-refractivity contribution in [3.05, 3.63) is 0 Å². The average Bonchev–Trinajstić information content (AvgIpc) is 2.80. The monoisotopic (exact) mass is 238 g/mol. The highest BCUT2D eigenvalue weighted by molar-refractivity contribution is 4.95. The minimum Gasteiger partial charge on any atom is -0.327 e. The minimum atomic E-state index is 0.368. The first-order valence-corrected chi connectivity index (χ1v) is 7.51. The van der Waals surface area contributed by atoms with Crippen LogP contribution in [0.1, 0.15) is 52.9 Å². The fourth-order valence-electron chi connectivity index (χ4n) is 3.80. The van der Waals surface area contributed by atoms with Crippen molar-refractivity contribution in [2.45, 2.75) is 58.9 Å². The highest BCUT2D eigenvalue weighted by atomic mass is 15.1. The maximum Gasteiger partial charge on any atom is 0.0131 e. The van der Waals surface area contributed by atoms with E-state index >= 15 is 0 Å². The normalized spacial score (nSPS) is 37.8. The van der Waals surface area contributed by atoms with E-state index in [2.05, 4.69) is 25.7 Å². The van der Waals surface area contributed by atoms with Crippen LogP contribution in [0.15, 0.2) is 0 Å². The number of nitrogens with zero attached hydrogens (tertiary/aromatic N) is 1. The van der Waals surface area contributed by atoms with Gasteiger partial charge in [0.25, 0.3) is 0 Å². The summed E-state index contributed by atoms with van der Waals surface area (Å²) in [6, 6.07) is 0.410. The van der Waals surface area contributed by atoms with Gasteiger partial charge in [0.2, 0.25) is 0 Å². The Labute approximate surface area is 107 Å². The van der Waals surface area contributed by atoms with Crippen LogP contribution in [-0.4, -0.2) is 30.6 Å². The Kier molecular flexibility index (Phi) is 4.14. The Morgan fingerprint density at radius 2 is 2.06 bits per heavy atom. The SMILES string of the molecule is CCCC1CCN(CC2CCC(C)(C)C2N)C1. The van der Waals surface area contributed by atoms with Gasteiger partial charge in [-0.05, 0) is 49.5 Å². The molecule has 2 heteroatoms. The lowest BCUT2D eigenvalue weighted by Crippen LogP contribution is -2.41. The molecular formula is C15H30N2. The molecule has 2 rings (SSSR count). The number of nitrogens with two attached hydrogens (primary N) is 1. The van der Waals surface area contributed by atoms with Crippen molar-refractivity contribution in [2.24, 2.45) is 23.0 Å². The summed E-state index contributed by atoms with van der Waals surface area (Å²) in [6.07, 6.45) is 6.82. The van der Waals surface area contributed by atoms with Gasteiger partial charge in [0.15, 0.2) is 0 Å². The van der Waals surface area contributed by atoms with Gasteiger partial charge in [-0.15, -0.1) is 0 Å². The molecule has 1 heterocycles. The van der Waals surface area contributed by atoms with Gasteiger partial charge in [-0.25, -0.2) is 0 Å². The van der Waals surface area contributed by atoms with Crippen molar-refractivity contribution >= 4 is 0 Å². The van der Waals surface area contributed by atoms with Gasteiger partial charge in [0, 0.05) is 19.1 Å². The van der Waals surface area contributed by atoms with Gasteiger partial charge in [-0.2, -0.15) is 0 Å². The highest BCUT2D eigenvalue weighted by Gasteiger charge is 2.40. The summed E-state index contributed by atoms with van der Waals surface area (Å²) < 4.78 is 0. The fourth-order valence-corrected chi connectivity index (χ4v) is 3.80. The van der Waals surface area contributed by atoms with Gasteiger partial charge in [0.1, 0.15) is 0 Å². The molecule has 3 atom stereocenters. The molecule has 2 nitrogen and oxygen atoms in total. The van der Waals surface area contributed by atoms with Gasteiger partial charge in [-0.3, -0.25) is 0 Å². The summed E-state index contributed by atoms with van der Waals surface area (Å²) in [5.74, 6) is 1.70. The van der Waals surface area contributed by atoms with E-state index in [1.807, 2.05) is 0 Å². The lowest BCUT2D eigenvalue weighted by molar-refractivity contribution is 0.228. The van der Waals surface area contributed by atoms with E-state index in [4.69, 9.17) is 5.73 Å². The number of hydrogen-bond acceptors (Lipinski definition) is 2. The summed E-state index contributed by atoms with van der Waals surface area (Å²) in [7, 11) is 0. The first-order valence-electron chi connectivity index (χ1n) is 7.51. The molecule has 1 saturated heterocycles. The minimum absolute atomic E-state index is 0.368. The van der Waals surface area contributed by atoms with Crippen molar-refractivity contribution < 1.29 is 0 Å². The average molecular weight is 238 g/mol. The van der Waals surface area contributed by atoms with Crippen LogP contribution in [0.5, 0.6) is 0 Å². The van der Waals surface area contributed by atoms with Crippen LogP contribution < -0.4 is 5.73 Å². The Bertz CT molecular complexity index is 249. The molecule has 0 radical (unpaired) electrons. The van der Waals surface area contributed by atoms with Crippen molar-refractivity contribution in [3.8, 4) is 0 Å². The van der Waals surface area contributed by atoms with Crippen LogP contribution in [0.4, 0.5) is 0 Å². The molecule has 2 fully saturated rings. The quantitative estimate of drug-likeness (QED) is 0.816. The van der Waals surface area contributed by atoms with E-state index in [-0.39, 0.29) is 0 Å². The van der Waals surface area contributed by atoms with E-state index < -0.39 is 0 Å². The largest absolute Gasteiger partial charge is 0.327 e. The lowest BCUT2D eigenvalue weighted by atomic mass is 9.85. The first-order chi connectivity index (χ1) is 8.03. The molecule has 3 unspecified atom stereocenters. The molecule has 100 valence electrons. The third-order valence-electron chi connectivity index (χ3n) is 5.13. The van der Waals surface area contributed by atoms with Gasteiger partial charge in [-0.1, -0.05) is 27.2 Å². The van der Waals surface area contributed by atoms with E-state index in [9.17, 15) is 0 Å². The molecule has 0 aromatic carbocycles. The van der Waals surface area contributed by atoms with Crippen LogP contribution in [0.2, 0.25) is 0 Å². The molecule has 1 aliphatic heterocycles. The topological polar surface area (TPSA) is 29.3 Å². The predicted octanol–water partition coefficient (Wildman–Crippen LogP) is 2.87. The van der Waals surface area contributed by atoms with Gasteiger partial charge in [0.05, 0.1) is 0 Å². The second kappa shape index (κ2) is 5.27. The van der Waals surface area contributed by atoms with Crippen LogP contribution in [0, 0.1) is 17.3 Å². The van der Waals surface area contributed by atoms with Crippen LogP contribution in [-0.2, 0) is 0 Å². The molecule has 0 bridgehead atoms. The summed E-state index contributed by atoms with van der Waals surface area (Å²) in [5, 5.41) is 0. The number of rotatable bonds is 4. The summed E-state index contributed by atoms with van der Waals surface area (Å²) in [5.41, 5.74) is 6.77. The van der Waals surface area contributed by atoms with Crippen molar-refractivity contribution in [1.82, 2.24) is 4.90 Å². The Hall–Kier alpha value is -0.0800. The second-order valence-corrected chi connectivity index (χ2v) is 7.02. The van der Waals surface area contributed by atoms with Crippen molar-refractivity contribution in [3.63, 3.8) is 0 Å². The molecule has 0 aromatic heterocycles. The zero-order chi connectivity index (χ0) is 12.5. The van der Waals surface area contributed by atoms with E-state index in [1.165, 1.54) is 51.7 Å². The van der Waals surface area contributed by atoms with Crippen molar-refractivity contribution in [1.29, 1.82) is 0 Å².